The molecule has 0 bridgehead atoms. The summed E-state index contributed by atoms with van der Waals surface area (Å²) in [6, 6.07) is 12.4. The van der Waals surface area contributed by atoms with Crippen LogP contribution in [-0.4, -0.2) is 74.2 Å². The smallest absolute Gasteiger partial charge is 0.257 e. The molecule has 0 radical (unpaired) electrons. The van der Waals surface area contributed by atoms with Gasteiger partial charge < -0.3 is 14.6 Å². The van der Waals surface area contributed by atoms with Crippen molar-refractivity contribution in [3.63, 3.8) is 0 Å². The first kappa shape index (κ1) is 25.7. The molecule has 0 unspecified atom stereocenters. The average Bonchev–Trinajstić information content (AvgIpc) is 3.31. The van der Waals surface area contributed by atoms with E-state index < -0.39 is 9.84 Å². The molecule has 3 aromatic rings. The summed E-state index contributed by atoms with van der Waals surface area (Å²) in [5, 5.41) is 10.3. The minimum Gasteiger partial charge on any atom is -0.493 e. The molecule has 8 nitrogen and oxygen atoms in total. The van der Waals surface area contributed by atoms with Gasteiger partial charge in [0.25, 0.3) is 5.91 Å². The summed E-state index contributed by atoms with van der Waals surface area (Å²) in [5.74, 6) is 0.197. The first-order valence-corrected chi connectivity index (χ1v) is 14.0. The van der Waals surface area contributed by atoms with Gasteiger partial charge in [-0.1, -0.05) is 6.92 Å². The summed E-state index contributed by atoms with van der Waals surface area (Å²) in [4.78, 5) is 20.9. The highest BCUT2D eigenvalue weighted by Gasteiger charge is 2.26. The lowest BCUT2D eigenvalue weighted by Crippen LogP contribution is -2.49. The molecular weight excluding hydrogens is 476 g/mol. The number of nitriles is 1. The van der Waals surface area contributed by atoms with Crippen molar-refractivity contribution in [2.24, 2.45) is 0 Å². The van der Waals surface area contributed by atoms with E-state index in [-0.39, 0.29) is 16.6 Å². The maximum Gasteiger partial charge on any atom is 0.257 e. The highest BCUT2D eigenvalue weighted by molar-refractivity contribution is 7.91. The lowest BCUT2D eigenvalue weighted by molar-refractivity contribution is 0.0632. The van der Waals surface area contributed by atoms with Crippen LogP contribution >= 0.6 is 0 Å². The van der Waals surface area contributed by atoms with Gasteiger partial charge in [0.1, 0.15) is 5.75 Å². The topological polar surface area (TPSA) is 106 Å². The number of aryl methyl sites for hydroxylation is 1. The zero-order valence-electron chi connectivity index (χ0n) is 20.8. The second-order valence-corrected chi connectivity index (χ2v) is 11.2. The Morgan fingerprint density at radius 1 is 1.11 bits per heavy atom. The number of nitrogens with zero attached hydrogens (tertiary/aromatic N) is 3. The average molecular weight is 509 g/mol. The van der Waals surface area contributed by atoms with Crippen LogP contribution < -0.4 is 4.74 Å². The van der Waals surface area contributed by atoms with Gasteiger partial charge in [-0.25, -0.2) is 8.42 Å². The van der Waals surface area contributed by atoms with Crippen molar-refractivity contribution < 1.29 is 17.9 Å². The zero-order chi connectivity index (χ0) is 25.7. The number of aromatic nitrogens is 1. The third kappa shape index (κ3) is 5.55. The van der Waals surface area contributed by atoms with E-state index in [9.17, 15) is 18.5 Å². The van der Waals surface area contributed by atoms with Crippen LogP contribution in [0.5, 0.6) is 5.75 Å². The van der Waals surface area contributed by atoms with Crippen LogP contribution in [0.25, 0.3) is 10.9 Å². The van der Waals surface area contributed by atoms with E-state index in [1.54, 1.807) is 17.9 Å². The molecular formula is C27H32N4O4S. The molecule has 2 aromatic carbocycles. The summed E-state index contributed by atoms with van der Waals surface area (Å²) >= 11 is 0. The fourth-order valence-corrected chi connectivity index (χ4v) is 5.52. The Labute approximate surface area is 212 Å². The monoisotopic (exact) mass is 508 g/mol. The Morgan fingerprint density at radius 2 is 1.89 bits per heavy atom. The van der Waals surface area contributed by atoms with E-state index in [4.69, 9.17) is 4.74 Å². The van der Waals surface area contributed by atoms with E-state index in [1.165, 1.54) is 17.7 Å². The number of hydrogen-bond acceptors (Lipinski definition) is 6. The molecule has 1 aromatic heterocycles. The quantitative estimate of drug-likeness (QED) is 0.473. The third-order valence-corrected chi connectivity index (χ3v) is 8.43. The van der Waals surface area contributed by atoms with E-state index in [0.29, 0.717) is 36.6 Å². The second-order valence-electron chi connectivity index (χ2n) is 8.92. The summed E-state index contributed by atoms with van der Waals surface area (Å²) < 4.78 is 30.4. The normalized spacial score (nSPS) is 14.6. The molecule has 1 fully saturated rings. The molecule has 9 heteroatoms. The van der Waals surface area contributed by atoms with Gasteiger partial charge in [0, 0.05) is 43.3 Å². The number of benzene rings is 2. The van der Waals surface area contributed by atoms with Crippen molar-refractivity contribution in [1.29, 1.82) is 5.26 Å². The molecule has 1 amide bonds. The summed E-state index contributed by atoms with van der Waals surface area (Å²) in [6.45, 7) is 7.41. The second kappa shape index (κ2) is 11.1. The van der Waals surface area contributed by atoms with Crippen LogP contribution in [0.15, 0.2) is 47.5 Å². The number of nitrogens with one attached hydrogen (secondary N) is 1. The first-order valence-electron chi connectivity index (χ1n) is 12.4. The van der Waals surface area contributed by atoms with Gasteiger partial charge in [-0.15, -0.1) is 0 Å². The number of ether oxygens (including phenoxy) is 1. The van der Waals surface area contributed by atoms with Crippen molar-refractivity contribution in [1.82, 2.24) is 14.8 Å². The van der Waals surface area contributed by atoms with Gasteiger partial charge >= 0.3 is 0 Å². The predicted molar refractivity (Wildman–Crippen MR) is 139 cm³/mol. The van der Waals surface area contributed by atoms with E-state index in [1.807, 2.05) is 31.3 Å². The van der Waals surface area contributed by atoms with E-state index in [2.05, 4.69) is 16.0 Å². The molecule has 1 aliphatic rings. The fourth-order valence-electron chi connectivity index (χ4n) is 4.61. The third-order valence-electron chi connectivity index (χ3n) is 6.70. The molecule has 0 atom stereocenters. The van der Waals surface area contributed by atoms with Gasteiger partial charge in [0.05, 0.1) is 34.5 Å². The van der Waals surface area contributed by atoms with Crippen LogP contribution in [0.2, 0.25) is 0 Å². The number of carbonyl (C=O) groups is 1. The summed E-state index contributed by atoms with van der Waals surface area (Å²) in [7, 11) is -3.42. The Morgan fingerprint density at radius 3 is 2.58 bits per heavy atom. The highest BCUT2D eigenvalue weighted by atomic mass is 32.2. The van der Waals surface area contributed by atoms with Crippen molar-refractivity contribution >= 4 is 26.6 Å². The molecule has 190 valence electrons. The number of sulfone groups is 1. The van der Waals surface area contributed by atoms with Gasteiger partial charge in [0.2, 0.25) is 0 Å². The van der Waals surface area contributed by atoms with Crippen LogP contribution in [0.4, 0.5) is 0 Å². The minimum atomic E-state index is -3.42. The van der Waals surface area contributed by atoms with Crippen molar-refractivity contribution in [3.05, 3.63) is 59.3 Å². The Hall–Kier alpha value is -3.35. The Bertz CT molecular complexity index is 1380. The van der Waals surface area contributed by atoms with Crippen LogP contribution in [-0.2, 0) is 16.3 Å². The van der Waals surface area contributed by atoms with Gasteiger partial charge in [-0.2, -0.15) is 5.26 Å². The minimum absolute atomic E-state index is 0.0225. The molecule has 0 aliphatic carbocycles. The van der Waals surface area contributed by atoms with E-state index >= 15 is 0 Å². The maximum atomic E-state index is 13.3. The molecule has 1 N–H and O–H groups in total. The number of rotatable bonds is 9. The van der Waals surface area contributed by atoms with Gasteiger partial charge in [-0.05, 0) is 68.3 Å². The Kier molecular flexibility index (Phi) is 7.97. The lowest BCUT2D eigenvalue weighted by atomic mass is 10.1. The standard InChI is InChI=1S/C27H32N4O4S/c1-3-35-26-10-8-22(36(33,34)4-2)17-24(26)27(32)31-14-12-30(13-15-31)11-5-6-21-19-29-25-9-7-20(18-28)16-23(21)25/h7-10,16-17,19,29H,3-6,11-15H2,1-2H3. The van der Waals surface area contributed by atoms with Crippen LogP contribution in [0.1, 0.15) is 41.8 Å². The number of fused-ring (bicyclic) bond motifs is 1. The number of hydrogen-bond donors (Lipinski definition) is 1. The summed E-state index contributed by atoms with van der Waals surface area (Å²) in [6.07, 6.45) is 3.90. The Balaban J connectivity index is 1.35. The van der Waals surface area contributed by atoms with Crippen LogP contribution in [0.3, 0.4) is 0 Å². The number of H-pyrrole nitrogens is 1. The maximum absolute atomic E-state index is 13.3. The number of amides is 1. The molecule has 1 aliphatic heterocycles. The molecule has 2 heterocycles. The largest absolute Gasteiger partial charge is 0.493 e. The van der Waals surface area contributed by atoms with Gasteiger partial charge in [-0.3, -0.25) is 9.69 Å². The SMILES string of the molecule is CCOc1ccc(S(=O)(=O)CC)cc1C(=O)N1CCN(CCCc2c[nH]c3ccc(C#N)cc23)CC1. The van der Waals surface area contributed by atoms with Crippen molar-refractivity contribution in [2.45, 2.75) is 31.6 Å². The fraction of sp³-hybridized carbons (Fsp3) is 0.407. The number of piperazine rings is 1. The summed E-state index contributed by atoms with van der Waals surface area (Å²) in [5.41, 5.74) is 3.21. The first-order chi connectivity index (χ1) is 17.4. The molecule has 0 saturated carbocycles. The van der Waals surface area contributed by atoms with Crippen molar-refractivity contribution in [3.8, 4) is 11.8 Å². The number of aromatic amines is 1. The van der Waals surface area contributed by atoms with E-state index in [0.717, 1.165) is 43.4 Å². The molecule has 1 saturated heterocycles. The van der Waals surface area contributed by atoms with Gasteiger partial charge in [0.15, 0.2) is 9.84 Å². The van der Waals surface area contributed by atoms with Crippen LogP contribution in [0, 0.1) is 11.3 Å². The lowest BCUT2D eigenvalue weighted by Gasteiger charge is -2.35. The molecule has 0 spiro atoms. The predicted octanol–water partition coefficient (Wildman–Crippen LogP) is 3.62. The highest BCUT2D eigenvalue weighted by Crippen LogP contribution is 2.26. The molecule has 4 rings (SSSR count). The number of carbonyl (C=O) groups excluding carboxylic acids is 1. The van der Waals surface area contributed by atoms with Crippen molar-refractivity contribution in [2.75, 3.05) is 45.1 Å². The zero-order valence-corrected chi connectivity index (χ0v) is 21.6. The molecule has 36 heavy (non-hydrogen) atoms.